The molecule has 2 saturated heterocycles. The third kappa shape index (κ3) is 3.28. The van der Waals surface area contributed by atoms with E-state index in [1.54, 1.807) is 0 Å². The number of benzene rings is 1. The van der Waals surface area contributed by atoms with Crippen LogP contribution < -0.4 is 0 Å². The van der Waals surface area contributed by atoms with E-state index in [2.05, 4.69) is 33.0 Å². The second kappa shape index (κ2) is 7.24. The predicted octanol–water partition coefficient (Wildman–Crippen LogP) is 2.44. The molecule has 5 heteroatoms. The fraction of sp³-hybridized carbons (Fsp3) is 0.476. The Morgan fingerprint density at radius 1 is 1.19 bits per heavy atom. The average Bonchev–Trinajstić information content (AvgIpc) is 3.36. The zero-order valence-electron chi connectivity index (χ0n) is 15.1. The van der Waals surface area contributed by atoms with E-state index in [-0.39, 0.29) is 6.04 Å². The molecule has 2 aliphatic heterocycles. The minimum absolute atomic E-state index is 0.107. The summed E-state index contributed by atoms with van der Waals surface area (Å²) in [4.78, 5) is 7.88. The number of hydrogen-bond acceptors (Lipinski definition) is 4. The largest absolute Gasteiger partial charge is 0.383 e. The first-order valence-corrected chi connectivity index (χ1v) is 9.51. The summed E-state index contributed by atoms with van der Waals surface area (Å²) in [6.07, 6.45) is 5.07. The van der Waals surface area contributed by atoms with Crippen molar-refractivity contribution in [1.29, 1.82) is 5.26 Å². The Labute approximate surface area is 154 Å². The van der Waals surface area contributed by atoms with Crippen LogP contribution in [0, 0.1) is 11.3 Å². The van der Waals surface area contributed by atoms with E-state index in [9.17, 15) is 5.11 Å². The van der Waals surface area contributed by atoms with Crippen molar-refractivity contribution in [3.8, 4) is 6.07 Å². The Morgan fingerprint density at radius 2 is 1.96 bits per heavy atom. The van der Waals surface area contributed by atoms with Crippen LogP contribution in [0.2, 0.25) is 0 Å². The molecule has 4 rings (SSSR count). The molecule has 2 aliphatic rings. The number of nitriles is 1. The van der Waals surface area contributed by atoms with Crippen LogP contribution in [0.3, 0.4) is 0 Å². The van der Waals surface area contributed by atoms with Crippen LogP contribution in [-0.4, -0.2) is 52.1 Å². The van der Waals surface area contributed by atoms with Gasteiger partial charge in [0.1, 0.15) is 17.4 Å². The number of nitrogens with zero attached hydrogens (tertiary/aromatic N) is 3. The van der Waals surface area contributed by atoms with Gasteiger partial charge in [0, 0.05) is 25.8 Å². The highest BCUT2D eigenvalue weighted by Gasteiger charge is 2.46. The van der Waals surface area contributed by atoms with Crippen LogP contribution >= 0.6 is 0 Å². The molecule has 0 amide bonds. The number of likely N-dealkylation sites (tertiary alicyclic amines) is 2. The smallest absolute Gasteiger partial charge is 0.117 e. The highest BCUT2D eigenvalue weighted by molar-refractivity contribution is 5.28. The van der Waals surface area contributed by atoms with Crippen LogP contribution in [0.5, 0.6) is 0 Å². The summed E-state index contributed by atoms with van der Waals surface area (Å²) in [6, 6.07) is 14.3. The summed E-state index contributed by atoms with van der Waals surface area (Å²) in [5.74, 6) is 0. The summed E-state index contributed by atoms with van der Waals surface area (Å²) in [7, 11) is 0. The molecule has 2 aromatic rings. The summed E-state index contributed by atoms with van der Waals surface area (Å²) >= 11 is 0. The van der Waals surface area contributed by atoms with Gasteiger partial charge in [0.25, 0.3) is 0 Å². The van der Waals surface area contributed by atoms with Gasteiger partial charge in [-0.25, -0.2) is 0 Å². The standard InChI is InChI=1S/C21H26N4O/c22-13-19-12-17(14-23-19)15-24-11-8-21(26,18-6-2-1-3-7-18)20(16-24)25-9-4-5-10-25/h1-3,6-7,12,14,20,23,26H,4-5,8-11,15-16H2/t20-,21+/m1/s1. The normalized spacial score (nSPS) is 27.5. The Hall–Kier alpha value is -2.13. The lowest BCUT2D eigenvalue weighted by Gasteiger charge is -2.48. The van der Waals surface area contributed by atoms with E-state index in [1.165, 1.54) is 12.8 Å². The van der Waals surface area contributed by atoms with Gasteiger partial charge in [-0.15, -0.1) is 0 Å². The van der Waals surface area contributed by atoms with Gasteiger partial charge >= 0.3 is 0 Å². The topological polar surface area (TPSA) is 66.3 Å². The highest BCUT2D eigenvalue weighted by Crippen LogP contribution is 2.37. The SMILES string of the molecule is N#Cc1cc(CN2CC[C@](O)(c3ccccc3)[C@H](N3CCCC3)C2)c[nH]1. The zero-order valence-corrected chi connectivity index (χ0v) is 15.1. The second-order valence-corrected chi connectivity index (χ2v) is 7.57. The molecule has 3 heterocycles. The monoisotopic (exact) mass is 350 g/mol. The average molecular weight is 350 g/mol. The molecule has 0 spiro atoms. The van der Waals surface area contributed by atoms with E-state index in [1.807, 2.05) is 30.5 Å². The van der Waals surface area contributed by atoms with Gasteiger partial charge in [-0.05, 0) is 49.5 Å². The number of hydrogen-bond donors (Lipinski definition) is 2. The Bertz CT molecular complexity index is 775. The van der Waals surface area contributed by atoms with E-state index in [4.69, 9.17) is 5.26 Å². The molecule has 2 fully saturated rings. The van der Waals surface area contributed by atoms with Gasteiger partial charge in [-0.3, -0.25) is 9.80 Å². The predicted molar refractivity (Wildman–Crippen MR) is 100 cm³/mol. The quantitative estimate of drug-likeness (QED) is 0.889. The maximum Gasteiger partial charge on any atom is 0.117 e. The van der Waals surface area contributed by atoms with Crippen LogP contribution in [0.4, 0.5) is 0 Å². The molecule has 1 aromatic carbocycles. The van der Waals surface area contributed by atoms with Crippen molar-refractivity contribution in [1.82, 2.24) is 14.8 Å². The fourth-order valence-corrected chi connectivity index (χ4v) is 4.51. The Kier molecular flexibility index (Phi) is 4.82. The number of rotatable bonds is 4. The van der Waals surface area contributed by atoms with Gasteiger partial charge in [-0.1, -0.05) is 30.3 Å². The van der Waals surface area contributed by atoms with E-state index < -0.39 is 5.60 Å². The molecule has 0 radical (unpaired) electrons. The number of aromatic amines is 1. The molecule has 2 N–H and O–H groups in total. The molecule has 1 aromatic heterocycles. The third-order valence-electron chi connectivity index (χ3n) is 5.92. The maximum absolute atomic E-state index is 11.7. The molecular formula is C21H26N4O. The first-order valence-electron chi connectivity index (χ1n) is 9.51. The van der Waals surface area contributed by atoms with Crippen LogP contribution in [0.15, 0.2) is 42.6 Å². The Balaban J connectivity index is 1.55. The van der Waals surface area contributed by atoms with Crippen molar-refractivity contribution in [3.63, 3.8) is 0 Å². The van der Waals surface area contributed by atoms with Crippen molar-refractivity contribution in [3.05, 3.63) is 59.4 Å². The summed E-state index contributed by atoms with van der Waals surface area (Å²) < 4.78 is 0. The van der Waals surface area contributed by atoms with Gasteiger partial charge < -0.3 is 10.1 Å². The molecule has 2 atom stereocenters. The van der Waals surface area contributed by atoms with Crippen molar-refractivity contribution >= 4 is 0 Å². The molecule has 0 saturated carbocycles. The van der Waals surface area contributed by atoms with Gasteiger partial charge in [-0.2, -0.15) is 5.26 Å². The number of nitrogens with one attached hydrogen (secondary N) is 1. The van der Waals surface area contributed by atoms with Crippen LogP contribution in [-0.2, 0) is 12.1 Å². The number of H-pyrrole nitrogens is 1. The van der Waals surface area contributed by atoms with E-state index in [0.29, 0.717) is 5.69 Å². The van der Waals surface area contributed by atoms with E-state index in [0.717, 1.165) is 50.3 Å². The van der Waals surface area contributed by atoms with Crippen molar-refractivity contribution in [2.75, 3.05) is 26.2 Å². The lowest BCUT2D eigenvalue weighted by Crippen LogP contribution is -2.60. The lowest BCUT2D eigenvalue weighted by atomic mass is 9.79. The molecule has 5 nitrogen and oxygen atoms in total. The third-order valence-corrected chi connectivity index (χ3v) is 5.92. The summed E-state index contributed by atoms with van der Waals surface area (Å²) in [5.41, 5.74) is 1.98. The molecule has 26 heavy (non-hydrogen) atoms. The zero-order chi connectivity index (χ0) is 18.0. The molecular weight excluding hydrogens is 324 g/mol. The lowest BCUT2D eigenvalue weighted by molar-refractivity contribution is -0.0959. The van der Waals surface area contributed by atoms with Crippen molar-refractivity contribution < 1.29 is 5.11 Å². The minimum atomic E-state index is -0.794. The molecule has 0 unspecified atom stereocenters. The fourth-order valence-electron chi connectivity index (χ4n) is 4.51. The number of piperidine rings is 1. The van der Waals surface area contributed by atoms with E-state index >= 15 is 0 Å². The summed E-state index contributed by atoms with van der Waals surface area (Å²) in [6.45, 7) is 4.64. The van der Waals surface area contributed by atoms with Crippen molar-refractivity contribution in [2.24, 2.45) is 0 Å². The van der Waals surface area contributed by atoms with Crippen molar-refractivity contribution in [2.45, 2.75) is 37.5 Å². The second-order valence-electron chi connectivity index (χ2n) is 7.57. The number of aromatic nitrogens is 1. The highest BCUT2D eigenvalue weighted by atomic mass is 16.3. The maximum atomic E-state index is 11.7. The van der Waals surface area contributed by atoms with Gasteiger partial charge in [0.15, 0.2) is 0 Å². The number of aliphatic hydroxyl groups is 1. The molecule has 136 valence electrons. The first kappa shape index (κ1) is 17.3. The van der Waals surface area contributed by atoms with Crippen LogP contribution in [0.1, 0.15) is 36.1 Å². The Morgan fingerprint density at radius 3 is 2.65 bits per heavy atom. The minimum Gasteiger partial charge on any atom is -0.383 e. The first-order chi connectivity index (χ1) is 12.7. The molecule has 0 aliphatic carbocycles. The van der Waals surface area contributed by atoms with Crippen LogP contribution in [0.25, 0.3) is 0 Å². The molecule has 0 bridgehead atoms. The van der Waals surface area contributed by atoms with Gasteiger partial charge in [0.05, 0.1) is 6.04 Å². The summed E-state index contributed by atoms with van der Waals surface area (Å²) in [5, 5.41) is 20.7. The van der Waals surface area contributed by atoms with Gasteiger partial charge in [0.2, 0.25) is 0 Å².